The first-order valence-electron chi connectivity index (χ1n) is 7.02. The highest BCUT2D eigenvalue weighted by molar-refractivity contribution is 5.90. The third-order valence-corrected chi connectivity index (χ3v) is 3.20. The summed E-state index contributed by atoms with van der Waals surface area (Å²) in [5, 5.41) is 11.7. The SMILES string of the molecule is CCCCCN(CCO)C(=O)Nc1cccc(F)c1C. The molecule has 2 amide bonds. The summed E-state index contributed by atoms with van der Waals surface area (Å²) in [5.41, 5.74) is 0.881. The van der Waals surface area contributed by atoms with Crippen LogP contribution in [0, 0.1) is 12.7 Å². The Labute approximate surface area is 119 Å². The van der Waals surface area contributed by atoms with Crippen molar-refractivity contribution < 1.29 is 14.3 Å². The molecule has 0 aliphatic carbocycles. The Morgan fingerprint density at radius 3 is 2.75 bits per heavy atom. The molecule has 0 aliphatic heterocycles. The van der Waals surface area contributed by atoms with Crippen LogP contribution < -0.4 is 5.32 Å². The van der Waals surface area contributed by atoms with Crippen molar-refractivity contribution in [1.29, 1.82) is 0 Å². The Morgan fingerprint density at radius 1 is 1.35 bits per heavy atom. The number of anilines is 1. The number of nitrogens with zero attached hydrogens (tertiary/aromatic N) is 1. The zero-order valence-electron chi connectivity index (χ0n) is 12.2. The molecule has 1 rings (SSSR count). The summed E-state index contributed by atoms with van der Waals surface area (Å²) in [7, 11) is 0. The highest BCUT2D eigenvalue weighted by Gasteiger charge is 2.14. The number of amides is 2. The van der Waals surface area contributed by atoms with Crippen molar-refractivity contribution in [3.63, 3.8) is 0 Å². The van der Waals surface area contributed by atoms with Gasteiger partial charge in [0.2, 0.25) is 0 Å². The molecule has 2 N–H and O–H groups in total. The number of nitrogens with one attached hydrogen (secondary N) is 1. The van der Waals surface area contributed by atoms with E-state index in [0.717, 1.165) is 19.3 Å². The van der Waals surface area contributed by atoms with Crippen molar-refractivity contribution in [2.75, 3.05) is 25.0 Å². The van der Waals surface area contributed by atoms with E-state index in [0.29, 0.717) is 17.8 Å². The van der Waals surface area contributed by atoms with Gasteiger partial charge in [0, 0.05) is 24.3 Å². The first kappa shape index (κ1) is 16.4. The smallest absolute Gasteiger partial charge is 0.321 e. The van der Waals surface area contributed by atoms with Gasteiger partial charge in [0.15, 0.2) is 0 Å². The number of urea groups is 1. The molecule has 4 nitrogen and oxygen atoms in total. The van der Waals surface area contributed by atoms with E-state index in [1.165, 1.54) is 6.07 Å². The van der Waals surface area contributed by atoms with Crippen LogP contribution in [0.15, 0.2) is 18.2 Å². The fourth-order valence-electron chi connectivity index (χ4n) is 1.93. The number of hydrogen-bond acceptors (Lipinski definition) is 2. The number of aliphatic hydroxyl groups excluding tert-OH is 1. The third kappa shape index (κ3) is 4.81. The Kier molecular flexibility index (Phi) is 7.01. The van der Waals surface area contributed by atoms with Gasteiger partial charge in [-0.25, -0.2) is 9.18 Å². The molecule has 0 unspecified atom stereocenters. The highest BCUT2D eigenvalue weighted by atomic mass is 19.1. The molecule has 1 aromatic rings. The molecule has 0 fully saturated rings. The van der Waals surface area contributed by atoms with Gasteiger partial charge in [0.1, 0.15) is 5.82 Å². The van der Waals surface area contributed by atoms with Crippen LogP contribution in [0.2, 0.25) is 0 Å². The van der Waals surface area contributed by atoms with Crippen LogP contribution in [0.1, 0.15) is 31.7 Å². The molecule has 0 saturated heterocycles. The first-order chi connectivity index (χ1) is 9.60. The van der Waals surface area contributed by atoms with Crippen LogP contribution in [-0.4, -0.2) is 35.7 Å². The first-order valence-corrected chi connectivity index (χ1v) is 7.02. The van der Waals surface area contributed by atoms with Crippen molar-refractivity contribution in [1.82, 2.24) is 4.90 Å². The van der Waals surface area contributed by atoms with E-state index in [1.54, 1.807) is 24.0 Å². The maximum Gasteiger partial charge on any atom is 0.321 e. The molecular weight excluding hydrogens is 259 g/mol. The second-order valence-electron chi connectivity index (χ2n) is 4.76. The number of carbonyl (C=O) groups excluding carboxylic acids is 1. The van der Waals surface area contributed by atoms with Gasteiger partial charge in [0.05, 0.1) is 6.61 Å². The van der Waals surface area contributed by atoms with E-state index in [9.17, 15) is 9.18 Å². The summed E-state index contributed by atoms with van der Waals surface area (Å²) in [4.78, 5) is 13.7. The summed E-state index contributed by atoms with van der Waals surface area (Å²) in [6, 6.07) is 4.28. The fraction of sp³-hybridized carbons (Fsp3) is 0.533. The number of benzene rings is 1. The van der Waals surface area contributed by atoms with Crippen molar-refractivity contribution in [2.45, 2.75) is 33.1 Å². The number of rotatable bonds is 7. The highest BCUT2D eigenvalue weighted by Crippen LogP contribution is 2.18. The largest absolute Gasteiger partial charge is 0.395 e. The molecule has 0 bridgehead atoms. The Bertz CT molecular complexity index is 438. The van der Waals surface area contributed by atoms with E-state index < -0.39 is 0 Å². The van der Waals surface area contributed by atoms with E-state index in [-0.39, 0.29) is 25.0 Å². The van der Waals surface area contributed by atoms with Gasteiger partial charge in [-0.3, -0.25) is 0 Å². The quantitative estimate of drug-likeness (QED) is 0.755. The average molecular weight is 282 g/mol. The summed E-state index contributed by atoms with van der Waals surface area (Å²) in [6.07, 6.45) is 3.00. The Balaban J connectivity index is 2.67. The van der Waals surface area contributed by atoms with Crippen molar-refractivity contribution >= 4 is 11.7 Å². The lowest BCUT2D eigenvalue weighted by atomic mass is 10.2. The van der Waals surface area contributed by atoms with Gasteiger partial charge in [-0.05, 0) is 25.5 Å². The van der Waals surface area contributed by atoms with Crippen LogP contribution in [0.25, 0.3) is 0 Å². The molecule has 0 atom stereocenters. The second-order valence-corrected chi connectivity index (χ2v) is 4.76. The number of hydrogen-bond donors (Lipinski definition) is 2. The van der Waals surface area contributed by atoms with Gasteiger partial charge in [-0.1, -0.05) is 25.8 Å². The second kappa shape index (κ2) is 8.53. The monoisotopic (exact) mass is 282 g/mol. The predicted molar refractivity (Wildman–Crippen MR) is 78.3 cm³/mol. The molecule has 0 spiro atoms. The molecule has 0 aliphatic rings. The summed E-state index contributed by atoms with van der Waals surface area (Å²) < 4.78 is 13.4. The molecular formula is C15H23FN2O2. The number of halogens is 1. The Morgan fingerprint density at radius 2 is 2.10 bits per heavy atom. The topological polar surface area (TPSA) is 52.6 Å². The van der Waals surface area contributed by atoms with Crippen LogP contribution in [0.3, 0.4) is 0 Å². The van der Waals surface area contributed by atoms with E-state index in [4.69, 9.17) is 5.11 Å². The standard InChI is InChI=1S/C15H23FN2O2/c1-3-4-5-9-18(10-11-19)15(20)17-14-8-6-7-13(16)12(14)2/h6-8,19H,3-5,9-11H2,1-2H3,(H,17,20). The maximum absolute atomic E-state index is 13.4. The minimum atomic E-state index is -0.345. The van der Waals surface area contributed by atoms with Gasteiger partial charge >= 0.3 is 6.03 Å². The predicted octanol–water partition coefficient (Wildman–Crippen LogP) is 3.15. The van der Waals surface area contributed by atoms with Gasteiger partial charge in [0.25, 0.3) is 0 Å². The third-order valence-electron chi connectivity index (χ3n) is 3.20. The van der Waals surface area contributed by atoms with Gasteiger partial charge < -0.3 is 15.3 Å². The zero-order valence-corrected chi connectivity index (χ0v) is 12.2. The lowest BCUT2D eigenvalue weighted by Gasteiger charge is -2.22. The van der Waals surface area contributed by atoms with Crippen LogP contribution in [0.5, 0.6) is 0 Å². The van der Waals surface area contributed by atoms with E-state index >= 15 is 0 Å². The summed E-state index contributed by atoms with van der Waals surface area (Å²) in [6.45, 7) is 4.51. The summed E-state index contributed by atoms with van der Waals surface area (Å²) >= 11 is 0. The molecule has 1 aromatic carbocycles. The molecule has 0 heterocycles. The number of aliphatic hydroxyl groups is 1. The average Bonchev–Trinajstić information content (AvgIpc) is 2.43. The molecule has 0 saturated carbocycles. The maximum atomic E-state index is 13.4. The lowest BCUT2D eigenvalue weighted by Crippen LogP contribution is -2.38. The van der Waals surface area contributed by atoms with Crippen molar-refractivity contribution in [3.8, 4) is 0 Å². The minimum absolute atomic E-state index is 0.0817. The molecule has 0 radical (unpaired) electrons. The fourth-order valence-corrected chi connectivity index (χ4v) is 1.93. The number of carbonyl (C=O) groups is 1. The van der Waals surface area contributed by atoms with E-state index in [2.05, 4.69) is 12.2 Å². The lowest BCUT2D eigenvalue weighted by molar-refractivity contribution is 0.187. The minimum Gasteiger partial charge on any atom is -0.395 e. The van der Waals surface area contributed by atoms with Gasteiger partial charge in [-0.15, -0.1) is 0 Å². The van der Waals surface area contributed by atoms with E-state index in [1.807, 2.05) is 0 Å². The zero-order chi connectivity index (χ0) is 15.0. The number of unbranched alkanes of at least 4 members (excludes halogenated alkanes) is 2. The van der Waals surface area contributed by atoms with Crippen molar-refractivity contribution in [2.24, 2.45) is 0 Å². The molecule has 0 aromatic heterocycles. The molecule has 5 heteroatoms. The van der Waals surface area contributed by atoms with Crippen LogP contribution in [0.4, 0.5) is 14.9 Å². The Hall–Kier alpha value is -1.62. The normalized spacial score (nSPS) is 10.4. The van der Waals surface area contributed by atoms with Crippen LogP contribution >= 0.6 is 0 Å². The summed E-state index contributed by atoms with van der Waals surface area (Å²) in [5.74, 6) is -0.345. The van der Waals surface area contributed by atoms with Crippen molar-refractivity contribution in [3.05, 3.63) is 29.6 Å². The molecule has 112 valence electrons. The molecule has 20 heavy (non-hydrogen) atoms. The van der Waals surface area contributed by atoms with Gasteiger partial charge in [-0.2, -0.15) is 0 Å². The van der Waals surface area contributed by atoms with Crippen LogP contribution in [-0.2, 0) is 0 Å².